The fourth-order valence-corrected chi connectivity index (χ4v) is 3.80. The van der Waals surface area contributed by atoms with E-state index in [0.29, 0.717) is 0 Å². The first-order valence-corrected chi connectivity index (χ1v) is 8.86. The second-order valence-electron chi connectivity index (χ2n) is 6.62. The zero-order valence-electron chi connectivity index (χ0n) is 14.6. The van der Waals surface area contributed by atoms with Gasteiger partial charge >= 0.3 is 0 Å². The maximum Gasteiger partial charge on any atom is 0.295 e. The summed E-state index contributed by atoms with van der Waals surface area (Å²) < 4.78 is 4.60. The minimum absolute atomic E-state index is 1.21. The molecule has 0 aliphatic heterocycles. The standard InChI is InChI=1S/C24H19N2/c1-25-22-14-8-9-15-23(22)26-17-20(18-10-4-2-5-11-18)16-21(24(25)26)19-12-6-3-7-13-19/h2-17H,1H3/q+1. The molecule has 0 bridgehead atoms. The molecule has 0 aliphatic carbocycles. The Balaban J connectivity index is 1.94. The number of hydrogen-bond donors (Lipinski definition) is 0. The van der Waals surface area contributed by atoms with Crippen molar-refractivity contribution in [2.75, 3.05) is 0 Å². The summed E-state index contributed by atoms with van der Waals surface area (Å²) in [5.41, 5.74) is 8.58. The number of nitrogens with zero attached hydrogens (tertiary/aromatic N) is 2. The average Bonchev–Trinajstić information content (AvgIpc) is 3.01. The highest BCUT2D eigenvalue weighted by atomic mass is 15.1. The molecule has 3 aromatic carbocycles. The van der Waals surface area contributed by atoms with E-state index in [0.717, 1.165) is 0 Å². The normalized spacial score (nSPS) is 11.3. The van der Waals surface area contributed by atoms with Crippen molar-refractivity contribution in [1.82, 2.24) is 4.40 Å². The van der Waals surface area contributed by atoms with E-state index in [1.54, 1.807) is 0 Å². The molecule has 0 spiro atoms. The highest BCUT2D eigenvalue weighted by molar-refractivity contribution is 5.86. The molecule has 124 valence electrons. The molecule has 26 heavy (non-hydrogen) atoms. The molecular formula is C24H19N2+. The number of fused-ring (bicyclic) bond motifs is 3. The minimum atomic E-state index is 1.21. The molecular weight excluding hydrogens is 316 g/mol. The van der Waals surface area contributed by atoms with Crippen LogP contribution in [0.15, 0.2) is 97.2 Å². The van der Waals surface area contributed by atoms with E-state index >= 15 is 0 Å². The third kappa shape index (κ3) is 2.23. The maximum atomic E-state index is 2.32. The van der Waals surface area contributed by atoms with Crippen LogP contribution >= 0.6 is 0 Å². The average molecular weight is 335 g/mol. The van der Waals surface area contributed by atoms with Gasteiger partial charge in [-0.1, -0.05) is 72.8 Å². The Morgan fingerprint density at radius 2 is 1.27 bits per heavy atom. The van der Waals surface area contributed by atoms with Gasteiger partial charge < -0.3 is 0 Å². The van der Waals surface area contributed by atoms with Crippen LogP contribution in [0.3, 0.4) is 0 Å². The quantitative estimate of drug-likeness (QED) is 0.389. The van der Waals surface area contributed by atoms with Crippen LogP contribution in [-0.4, -0.2) is 4.40 Å². The zero-order valence-corrected chi connectivity index (χ0v) is 14.6. The summed E-state index contributed by atoms with van der Waals surface area (Å²) in [6.45, 7) is 0. The van der Waals surface area contributed by atoms with E-state index in [1.807, 2.05) is 0 Å². The largest absolute Gasteiger partial charge is 0.295 e. The lowest BCUT2D eigenvalue weighted by Gasteiger charge is -2.06. The summed E-state index contributed by atoms with van der Waals surface area (Å²) >= 11 is 0. The summed E-state index contributed by atoms with van der Waals surface area (Å²) in [6.07, 6.45) is 2.25. The smallest absolute Gasteiger partial charge is 0.225 e. The monoisotopic (exact) mass is 335 g/mol. The van der Waals surface area contributed by atoms with Gasteiger partial charge in [0.25, 0.3) is 5.65 Å². The minimum Gasteiger partial charge on any atom is -0.225 e. The predicted molar refractivity (Wildman–Crippen MR) is 107 cm³/mol. The van der Waals surface area contributed by atoms with Gasteiger partial charge in [0.15, 0.2) is 11.0 Å². The topological polar surface area (TPSA) is 8.29 Å². The molecule has 2 heterocycles. The lowest BCUT2D eigenvalue weighted by molar-refractivity contribution is -0.618. The van der Waals surface area contributed by atoms with Crippen LogP contribution in [0.5, 0.6) is 0 Å². The summed E-state index contributed by atoms with van der Waals surface area (Å²) in [4.78, 5) is 0. The molecule has 2 aromatic heterocycles. The molecule has 0 amide bonds. The van der Waals surface area contributed by atoms with Gasteiger partial charge in [-0.15, -0.1) is 0 Å². The Bertz CT molecular complexity index is 1220. The molecule has 0 aliphatic rings. The molecule has 5 rings (SSSR count). The van der Waals surface area contributed by atoms with E-state index in [2.05, 4.69) is 113 Å². The number of rotatable bonds is 2. The highest BCUT2D eigenvalue weighted by Gasteiger charge is 2.22. The Morgan fingerprint density at radius 1 is 0.654 bits per heavy atom. The molecule has 0 saturated carbocycles. The molecule has 2 heteroatoms. The number of pyridine rings is 1. The van der Waals surface area contributed by atoms with Crippen LogP contribution in [0.4, 0.5) is 0 Å². The fraction of sp³-hybridized carbons (Fsp3) is 0.0417. The van der Waals surface area contributed by atoms with Crippen molar-refractivity contribution in [1.29, 1.82) is 0 Å². The lowest BCUT2D eigenvalue weighted by atomic mass is 10.0. The van der Waals surface area contributed by atoms with E-state index in [9.17, 15) is 0 Å². The van der Waals surface area contributed by atoms with Crippen molar-refractivity contribution in [2.24, 2.45) is 7.05 Å². The van der Waals surface area contributed by atoms with E-state index in [4.69, 9.17) is 0 Å². The number of aryl methyl sites for hydroxylation is 1. The van der Waals surface area contributed by atoms with Gasteiger partial charge in [-0.25, -0.2) is 4.57 Å². The van der Waals surface area contributed by atoms with Crippen molar-refractivity contribution in [3.05, 3.63) is 97.2 Å². The van der Waals surface area contributed by atoms with Gasteiger partial charge in [0.2, 0.25) is 0 Å². The second-order valence-corrected chi connectivity index (χ2v) is 6.62. The van der Waals surface area contributed by atoms with Gasteiger partial charge in [-0.2, -0.15) is 4.40 Å². The van der Waals surface area contributed by atoms with Crippen LogP contribution in [0, 0.1) is 0 Å². The van der Waals surface area contributed by atoms with Crippen molar-refractivity contribution in [3.8, 4) is 22.3 Å². The summed E-state index contributed by atoms with van der Waals surface area (Å²) in [5, 5.41) is 0. The van der Waals surface area contributed by atoms with Crippen molar-refractivity contribution in [3.63, 3.8) is 0 Å². The third-order valence-electron chi connectivity index (χ3n) is 5.05. The van der Waals surface area contributed by atoms with Gasteiger partial charge in [-0.3, -0.25) is 0 Å². The number of imidazole rings is 1. The van der Waals surface area contributed by atoms with Gasteiger partial charge in [-0.05, 0) is 29.3 Å². The van der Waals surface area contributed by atoms with Crippen LogP contribution in [-0.2, 0) is 7.05 Å². The van der Waals surface area contributed by atoms with E-state index < -0.39 is 0 Å². The van der Waals surface area contributed by atoms with Gasteiger partial charge in [0, 0.05) is 5.56 Å². The van der Waals surface area contributed by atoms with Crippen molar-refractivity contribution < 1.29 is 4.57 Å². The highest BCUT2D eigenvalue weighted by Crippen LogP contribution is 2.31. The first-order valence-electron chi connectivity index (χ1n) is 8.86. The van der Waals surface area contributed by atoms with Gasteiger partial charge in [0.05, 0.1) is 12.6 Å². The van der Waals surface area contributed by atoms with Crippen LogP contribution in [0.25, 0.3) is 38.9 Å². The maximum absolute atomic E-state index is 2.32. The Labute approximate surface area is 152 Å². The zero-order chi connectivity index (χ0) is 17.5. The Hall–Kier alpha value is -3.39. The first kappa shape index (κ1) is 14.9. The molecule has 5 aromatic rings. The third-order valence-corrected chi connectivity index (χ3v) is 5.05. The summed E-state index contributed by atoms with van der Waals surface area (Å²) in [6, 6.07) is 32.1. The van der Waals surface area contributed by atoms with Crippen molar-refractivity contribution >= 4 is 16.7 Å². The predicted octanol–water partition coefficient (Wildman–Crippen LogP) is 5.25. The molecule has 2 nitrogen and oxygen atoms in total. The number of aromatic nitrogens is 2. The van der Waals surface area contributed by atoms with Gasteiger partial charge in [0.1, 0.15) is 6.20 Å². The Morgan fingerprint density at radius 3 is 2.00 bits per heavy atom. The number of benzene rings is 3. The van der Waals surface area contributed by atoms with Crippen LogP contribution in [0.1, 0.15) is 0 Å². The lowest BCUT2D eigenvalue weighted by Crippen LogP contribution is -2.27. The summed E-state index contributed by atoms with van der Waals surface area (Å²) in [7, 11) is 2.15. The van der Waals surface area contributed by atoms with Crippen LogP contribution < -0.4 is 4.57 Å². The van der Waals surface area contributed by atoms with Crippen molar-refractivity contribution in [2.45, 2.75) is 0 Å². The number of hydrogen-bond acceptors (Lipinski definition) is 0. The summed E-state index contributed by atoms with van der Waals surface area (Å²) in [5.74, 6) is 0. The second kappa shape index (κ2) is 5.85. The molecule has 0 saturated heterocycles. The first-order chi connectivity index (χ1) is 12.8. The van der Waals surface area contributed by atoms with E-state index in [-0.39, 0.29) is 0 Å². The Kier molecular flexibility index (Phi) is 3.36. The molecule has 0 atom stereocenters. The number of para-hydroxylation sites is 2. The fourth-order valence-electron chi connectivity index (χ4n) is 3.80. The van der Waals surface area contributed by atoms with E-state index in [1.165, 1.54) is 38.9 Å². The van der Waals surface area contributed by atoms with Crippen LogP contribution in [0.2, 0.25) is 0 Å². The molecule has 0 N–H and O–H groups in total. The molecule has 0 unspecified atom stereocenters. The molecule has 0 radical (unpaired) electrons. The molecule has 0 fully saturated rings. The SMILES string of the molecule is C[n+]1c2ccccc2n2cc(-c3ccccc3)cc(-c3ccccc3)c21.